The zero-order valence-corrected chi connectivity index (χ0v) is 16.3. The lowest BCUT2D eigenvalue weighted by molar-refractivity contribution is 0.581. The van der Waals surface area contributed by atoms with Crippen molar-refractivity contribution in [3.63, 3.8) is 0 Å². The number of sulfonamides is 1. The van der Waals surface area contributed by atoms with Crippen LogP contribution in [0.3, 0.4) is 0 Å². The highest BCUT2D eigenvalue weighted by atomic mass is 35.5. The summed E-state index contributed by atoms with van der Waals surface area (Å²) in [5, 5.41) is 7.25. The van der Waals surface area contributed by atoms with Gasteiger partial charge in [0, 0.05) is 35.8 Å². The van der Waals surface area contributed by atoms with Crippen LogP contribution in [0.4, 0.5) is 0 Å². The summed E-state index contributed by atoms with van der Waals surface area (Å²) in [5.41, 5.74) is 1.44. The number of hydrogen-bond donors (Lipinski definition) is 1. The van der Waals surface area contributed by atoms with Crippen LogP contribution in [0.25, 0.3) is 5.13 Å². The van der Waals surface area contributed by atoms with Gasteiger partial charge in [0.2, 0.25) is 15.2 Å². The van der Waals surface area contributed by atoms with Gasteiger partial charge in [-0.05, 0) is 30.7 Å². The molecule has 0 saturated carbocycles. The summed E-state index contributed by atoms with van der Waals surface area (Å²) in [6.45, 7) is 1.94. The topological polar surface area (TPSA) is 76.9 Å². The van der Waals surface area contributed by atoms with Gasteiger partial charge in [-0.15, -0.1) is 11.3 Å². The molecule has 1 N–H and O–H groups in total. The fourth-order valence-electron chi connectivity index (χ4n) is 2.13. The molecule has 25 heavy (non-hydrogen) atoms. The molecule has 0 aliphatic heterocycles. The van der Waals surface area contributed by atoms with Crippen molar-refractivity contribution in [1.82, 2.24) is 19.5 Å². The molecule has 0 fully saturated rings. The molecule has 132 valence electrons. The van der Waals surface area contributed by atoms with Crippen molar-refractivity contribution < 1.29 is 8.42 Å². The maximum atomic E-state index is 12.4. The molecule has 0 atom stereocenters. The molecule has 0 aliphatic carbocycles. The smallest absolute Gasteiger partial charge is 0.223 e. The number of benzene rings is 1. The van der Waals surface area contributed by atoms with Gasteiger partial charge in [0.15, 0.2) is 0 Å². The van der Waals surface area contributed by atoms with Crippen LogP contribution in [-0.2, 0) is 16.4 Å². The number of nitrogens with one attached hydrogen (secondary N) is 1. The fourth-order valence-corrected chi connectivity index (χ4v) is 4.79. The molecule has 3 rings (SSSR count). The summed E-state index contributed by atoms with van der Waals surface area (Å²) in [5.74, 6) is 0. The van der Waals surface area contributed by atoms with Crippen molar-refractivity contribution in [2.75, 3.05) is 6.54 Å². The first kappa shape index (κ1) is 18.3. The van der Waals surface area contributed by atoms with Gasteiger partial charge in [0.25, 0.3) is 0 Å². The second kappa shape index (κ2) is 7.43. The normalized spacial score (nSPS) is 11.8. The van der Waals surface area contributed by atoms with Crippen molar-refractivity contribution in [3.8, 4) is 5.13 Å². The minimum Gasteiger partial charge on any atom is -0.223 e. The summed E-state index contributed by atoms with van der Waals surface area (Å²) in [7, 11) is -3.72. The van der Waals surface area contributed by atoms with E-state index >= 15 is 0 Å². The van der Waals surface area contributed by atoms with Crippen LogP contribution >= 0.6 is 34.5 Å². The summed E-state index contributed by atoms with van der Waals surface area (Å²) in [6, 6.07) is 4.71. The van der Waals surface area contributed by atoms with E-state index in [-0.39, 0.29) is 16.5 Å². The summed E-state index contributed by atoms with van der Waals surface area (Å²) in [6.07, 6.45) is 3.93. The van der Waals surface area contributed by atoms with Crippen molar-refractivity contribution in [3.05, 3.63) is 57.3 Å². The van der Waals surface area contributed by atoms with Crippen molar-refractivity contribution in [2.45, 2.75) is 18.2 Å². The number of hydrogen-bond acceptors (Lipinski definition) is 5. The first-order valence-corrected chi connectivity index (χ1v) is 10.4. The van der Waals surface area contributed by atoms with Gasteiger partial charge in [-0.3, -0.25) is 0 Å². The van der Waals surface area contributed by atoms with Crippen molar-refractivity contribution in [2.24, 2.45) is 0 Å². The Morgan fingerprint density at radius 2 is 2.08 bits per heavy atom. The molecule has 0 aliphatic rings. The lowest BCUT2D eigenvalue weighted by Crippen LogP contribution is -2.26. The van der Waals surface area contributed by atoms with E-state index in [0.717, 1.165) is 10.8 Å². The van der Waals surface area contributed by atoms with Crippen LogP contribution in [0, 0.1) is 6.92 Å². The molecule has 0 radical (unpaired) electrons. The molecule has 6 nitrogen and oxygen atoms in total. The quantitative estimate of drug-likeness (QED) is 0.667. The maximum Gasteiger partial charge on any atom is 0.242 e. The van der Waals surface area contributed by atoms with Gasteiger partial charge in [0.1, 0.15) is 4.90 Å². The average molecular weight is 417 g/mol. The summed E-state index contributed by atoms with van der Waals surface area (Å²) >= 11 is 13.4. The standard InChI is InChI=1S/C15H14Cl2N4O2S2/c1-10-7-14(13(17)8-12(10)16)25(22,23)19-5-3-11-9-24-15(20-11)21-6-2-4-18-21/h2,4,6-9,19H,3,5H2,1H3. The molecule has 1 aromatic carbocycles. The number of halogens is 2. The van der Waals surface area contributed by atoms with E-state index in [1.165, 1.54) is 23.5 Å². The van der Waals surface area contributed by atoms with Crippen LogP contribution in [0.5, 0.6) is 0 Å². The maximum absolute atomic E-state index is 12.4. The fraction of sp³-hybridized carbons (Fsp3) is 0.200. The molecule has 0 saturated heterocycles. The third kappa shape index (κ3) is 4.21. The van der Waals surface area contributed by atoms with Crippen LogP contribution in [0.1, 0.15) is 11.3 Å². The van der Waals surface area contributed by atoms with E-state index in [1.807, 2.05) is 11.4 Å². The predicted octanol–water partition coefficient (Wildman–Crippen LogP) is 3.47. The van der Waals surface area contributed by atoms with Gasteiger partial charge in [-0.1, -0.05) is 23.2 Å². The highest BCUT2D eigenvalue weighted by Gasteiger charge is 2.19. The van der Waals surface area contributed by atoms with Crippen LogP contribution in [0.15, 0.2) is 40.9 Å². The molecular weight excluding hydrogens is 403 g/mol. The Morgan fingerprint density at radius 1 is 1.28 bits per heavy atom. The summed E-state index contributed by atoms with van der Waals surface area (Å²) in [4.78, 5) is 4.45. The number of thiazole rings is 1. The van der Waals surface area contributed by atoms with E-state index in [0.29, 0.717) is 17.0 Å². The van der Waals surface area contributed by atoms with E-state index in [1.54, 1.807) is 24.0 Å². The van der Waals surface area contributed by atoms with Gasteiger partial charge < -0.3 is 0 Å². The largest absolute Gasteiger partial charge is 0.242 e. The number of aryl methyl sites for hydroxylation is 1. The second-order valence-corrected chi connectivity index (χ2v) is 8.64. The Morgan fingerprint density at radius 3 is 2.80 bits per heavy atom. The van der Waals surface area contributed by atoms with Crippen LogP contribution in [0.2, 0.25) is 10.0 Å². The lowest BCUT2D eigenvalue weighted by Gasteiger charge is -2.09. The van der Waals surface area contributed by atoms with E-state index in [2.05, 4.69) is 14.8 Å². The number of nitrogens with zero attached hydrogens (tertiary/aromatic N) is 3. The zero-order valence-electron chi connectivity index (χ0n) is 13.1. The van der Waals surface area contributed by atoms with Crippen LogP contribution in [-0.4, -0.2) is 29.7 Å². The molecule has 2 aromatic heterocycles. The molecule has 2 heterocycles. The second-order valence-electron chi connectivity index (χ2n) is 5.25. The average Bonchev–Trinajstić information content (AvgIpc) is 3.21. The van der Waals surface area contributed by atoms with Crippen LogP contribution < -0.4 is 4.72 Å². The molecule has 3 aromatic rings. The zero-order chi connectivity index (χ0) is 18.0. The van der Waals surface area contributed by atoms with E-state index in [9.17, 15) is 8.42 Å². The molecule has 0 unspecified atom stereocenters. The molecule has 0 bridgehead atoms. The molecular formula is C15H14Cl2N4O2S2. The Hall–Kier alpha value is -1.45. The Kier molecular flexibility index (Phi) is 5.45. The first-order valence-electron chi connectivity index (χ1n) is 7.26. The van der Waals surface area contributed by atoms with Gasteiger partial charge >= 0.3 is 0 Å². The Labute approximate surface area is 159 Å². The molecule has 0 spiro atoms. The highest BCUT2D eigenvalue weighted by Crippen LogP contribution is 2.28. The van der Waals surface area contributed by atoms with Gasteiger partial charge in [-0.2, -0.15) is 5.10 Å². The van der Waals surface area contributed by atoms with Crippen molar-refractivity contribution >= 4 is 44.6 Å². The minimum atomic E-state index is -3.72. The Bertz CT molecular complexity index is 985. The highest BCUT2D eigenvalue weighted by molar-refractivity contribution is 7.89. The third-order valence-corrected chi connectivity index (χ3v) is 6.63. The minimum absolute atomic E-state index is 0.0200. The van der Waals surface area contributed by atoms with Gasteiger partial charge in [0.05, 0.1) is 10.7 Å². The molecule has 0 amide bonds. The lowest BCUT2D eigenvalue weighted by atomic mass is 10.2. The Balaban J connectivity index is 1.66. The SMILES string of the molecule is Cc1cc(S(=O)(=O)NCCc2csc(-n3cccn3)n2)c(Cl)cc1Cl. The number of rotatable bonds is 6. The third-order valence-electron chi connectivity index (χ3n) is 3.42. The predicted molar refractivity (Wildman–Crippen MR) is 99.3 cm³/mol. The van der Waals surface area contributed by atoms with E-state index < -0.39 is 10.0 Å². The first-order chi connectivity index (χ1) is 11.9. The molecule has 10 heteroatoms. The summed E-state index contributed by atoms with van der Waals surface area (Å²) < 4.78 is 29.1. The number of aromatic nitrogens is 3. The van der Waals surface area contributed by atoms with E-state index in [4.69, 9.17) is 23.2 Å². The van der Waals surface area contributed by atoms with Gasteiger partial charge in [-0.25, -0.2) is 22.8 Å². The van der Waals surface area contributed by atoms with Crippen molar-refractivity contribution in [1.29, 1.82) is 0 Å². The monoisotopic (exact) mass is 416 g/mol.